The van der Waals surface area contributed by atoms with E-state index in [0.717, 1.165) is 17.7 Å². The van der Waals surface area contributed by atoms with Gasteiger partial charge in [-0.25, -0.2) is 0 Å². The third-order valence-electron chi connectivity index (χ3n) is 4.18. The molecule has 1 amide bonds. The highest BCUT2D eigenvalue weighted by atomic mass is 16.2. The molecule has 0 bridgehead atoms. The van der Waals surface area contributed by atoms with Crippen LogP contribution in [0.2, 0.25) is 0 Å². The minimum Gasteiger partial charge on any atom is -0.374 e. The minimum absolute atomic E-state index is 0.000133. The molecule has 2 aromatic rings. The summed E-state index contributed by atoms with van der Waals surface area (Å²) in [4.78, 5) is 12.2. The Morgan fingerprint density at radius 1 is 1.00 bits per heavy atom. The van der Waals surface area contributed by atoms with E-state index in [2.05, 4.69) is 36.6 Å². The predicted molar refractivity (Wildman–Crippen MR) is 96.5 cm³/mol. The van der Waals surface area contributed by atoms with Gasteiger partial charge in [-0.15, -0.1) is 0 Å². The lowest BCUT2D eigenvalue weighted by atomic mass is 9.98. The number of anilines is 1. The zero-order valence-electron chi connectivity index (χ0n) is 14.2. The average molecular weight is 310 g/mol. The highest BCUT2D eigenvalue weighted by Crippen LogP contribution is 2.20. The smallest absolute Gasteiger partial charge is 0.242 e. The molecule has 0 saturated heterocycles. The van der Waals surface area contributed by atoms with E-state index >= 15 is 0 Å². The van der Waals surface area contributed by atoms with Gasteiger partial charge in [0.05, 0.1) is 0 Å². The molecule has 0 fully saturated rings. The summed E-state index contributed by atoms with van der Waals surface area (Å²) in [7, 11) is 0. The summed E-state index contributed by atoms with van der Waals surface area (Å²) in [5.74, 6) is 0.565. The number of benzene rings is 2. The first-order valence-electron chi connectivity index (χ1n) is 8.28. The molecule has 0 aliphatic carbocycles. The van der Waals surface area contributed by atoms with Crippen LogP contribution in [0.1, 0.15) is 44.2 Å². The number of carbonyl (C=O) groups is 1. The lowest BCUT2D eigenvalue weighted by Crippen LogP contribution is -2.37. The van der Waals surface area contributed by atoms with Crippen LogP contribution in [0.5, 0.6) is 0 Å². The third-order valence-corrected chi connectivity index (χ3v) is 4.18. The van der Waals surface area contributed by atoms with Crippen molar-refractivity contribution in [2.45, 2.75) is 45.7 Å². The Balaban J connectivity index is 1.85. The molecule has 0 saturated carbocycles. The van der Waals surface area contributed by atoms with Gasteiger partial charge in [-0.1, -0.05) is 56.3 Å². The maximum Gasteiger partial charge on any atom is 0.242 e. The van der Waals surface area contributed by atoms with Crippen LogP contribution in [0.4, 0.5) is 5.69 Å². The van der Waals surface area contributed by atoms with Crippen LogP contribution in [-0.2, 0) is 11.3 Å². The molecule has 2 rings (SSSR count). The van der Waals surface area contributed by atoms with Crippen LogP contribution >= 0.6 is 0 Å². The van der Waals surface area contributed by atoms with Crippen molar-refractivity contribution < 1.29 is 4.79 Å². The van der Waals surface area contributed by atoms with E-state index in [1.165, 1.54) is 5.56 Å². The Labute approximate surface area is 139 Å². The van der Waals surface area contributed by atoms with Crippen molar-refractivity contribution in [1.29, 1.82) is 0 Å². The van der Waals surface area contributed by atoms with E-state index in [1.807, 2.05) is 49.4 Å². The van der Waals surface area contributed by atoms with Crippen molar-refractivity contribution in [3.63, 3.8) is 0 Å². The van der Waals surface area contributed by atoms with Crippen molar-refractivity contribution in [2.75, 3.05) is 5.32 Å². The molecule has 2 atom stereocenters. The summed E-state index contributed by atoms with van der Waals surface area (Å²) < 4.78 is 0. The zero-order chi connectivity index (χ0) is 16.7. The van der Waals surface area contributed by atoms with Gasteiger partial charge >= 0.3 is 0 Å². The van der Waals surface area contributed by atoms with Crippen molar-refractivity contribution in [1.82, 2.24) is 5.32 Å². The number of hydrogen-bond donors (Lipinski definition) is 2. The Kier molecular flexibility index (Phi) is 6.21. The van der Waals surface area contributed by atoms with Gasteiger partial charge in [-0.3, -0.25) is 4.79 Å². The van der Waals surface area contributed by atoms with Gasteiger partial charge < -0.3 is 10.6 Å². The number of nitrogens with one attached hydrogen (secondary N) is 2. The molecule has 3 heteroatoms. The highest BCUT2D eigenvalue weighted by Gasteiger charge is 2.12. The lowest BCUT2D eigenvalue weighted by Gasteiger charge is -2.16. The van der Waals surface area contributed by atoms with E-state index < -0.39 is 0 Å². The summed E-state index contributed by atoms with van der Waals surface area (Å²) in [6.45, 7) is 6.85. The topological polar surface area (TPSA) is 41.1 Å². The zero-order valence-corrected chi connectivity index (χ0v) is 14.2. The first-order valence-corrected chi connectivity index (χ1v) is 8.28. The van der Waals surface area contributed by atoms with E-state index in [-0.39, 0.29) is 11.9 Å². The quantitative estimate of drug-likeness (QED) is 0.800. The fourth-order valence-electron chi connectivity index (χ4n) is 2.40. The number of rotatable bonds is 7. The van der Waals surface area contributed by atoms with Crippen LogP contribution < -0.4 is 10.6 Å². The average Bonchev–Trinajstić information content (AvgIpc) is 2.60. The maximum absolute atomic E-state index is 12.2. The Morgan fingerprint density at radius 3 is 2.26 bits per heavy atom. The van der Waals surface area contributed by atoms with Crippen molar-refractivity contribution >= 4 is 11.6 Å². The van der Waals surface area contributed by atoms with E-state index in [1.54, 1.807) is 0 Å². The Morgan fingerprint density at radius 2 is 1.65 bits per heavy atom. The Bertz CT molecular complexity index is 607. The second kappa shape index (κ2) is 8.37. The molecule has 122 valence electrons. The molecule has 23 heavy (non-hydrogen) atoms. The van der Waals surface area contributed by atoms with Crippen LogP contribution in [-0.4, -0.2) is 11.9 Å². The molecular formula is C20H26N2O. The van der Waals surface area contributed by atoms with Crippen molar-refractivity contribution in [3.8, 4) is 0 Å². The fraction of sp³-hybridized carbons (Fsp3) is 0.350. The van der Waals surface area contributed by atoms with Gasteiger partial charge in [0.1, 0.15) is 6.04 Å². The molecule has 2 aromatic carbocycles. The summed E-state index contributed by atoms with van der Waals surface area (Å²) in [5, 5.41) is 6.21. The Hall–Kier alpha value is -2.29. The standard InChI is InChI=1S/C20H26N2O/c1-4-15(2)18-10-12-19(13-11-18)22-16(3)20(23)21-14-17-8-6-5-7-9-17/h5-13,15-16,22H,4,14H2,1-3H3,(H,21,23)/t15-,16-/m0/s1. The minimum atomic E-state index is -0.270. The molecule has 0 spiro atoms. The van der Waals surface area contributed by atoms with E-state index in [0.29, 0.717) is 12.5 Å². The van der Waals surface area contributed by atoms with Crippen LogP contribution in [0.25, 0.3) is 0 Å². The number of amides is 1. The van der Waals surface area contributed by atoms with E-state index in [4.69, 9.17) is 0 Å². The van der Waals surface area contributed by atoms with Gasteiger partial charge in [0.25, 0.3) is 0 Å². The lowest BCUT2D eigenvalue weighted by molar-refractivity contribution is -0.121. The number of hydrogen-bond acceptors (Lipinski definition) is 2. The third kappa shape index (κ3) is 5.13. The summed E-state index contributed by atoms with van der Waals surface area (Å²) >= 11 is 0. The van der Waals surface area contributed by atoms with Gasteiger partial charge in [0.15, 0.2) is 0 Å². The maximum atomic E-state index is 12.2. The second-order valence-corrected chi connectivity index (χ2v) is 6.00. The largest absolute Gasteiger partial charge is 0.374 e. The normalized spacial score (nSPS) is 13.2. The van der Waals surface area contributed by atoms with Gasteiger partial charge in [-0.2, -0.15) is 0 Å². The molecular weight excluding hydrogens is 284 g/mol. The monoisotopic (exact) mass is 310 g/mol. The molecule has 2 N–H and O–H groups in total. The summed E-state index contributed by atoms with van der Waals surface area (Å²) in [5.41, 5.74) is 3.41. The molecule has 0 aliphatic rings. The molecule has 0 aliphatic heterocycles. The van der Waals surface area contributed by atoms with Crippen LogP contribution in [0.3, 0.4) is 0 Å². The SMILES string of the molecule is CC[C@H](C)c1ccc(N[C@@H](C)C(=O)NCc2ccccc2)cc1. The predicted octanol–water partition coefficient (Wildman–Crippen LogP) is 4.32. The molecule has 0 heterocycles. The summed E-state index contributed by atoms with van der Waals surface area (Å²) in [6.07, 6.45) is 1.13. The van der Waals surface area contributed by atoms with Crippen molar-refractivity contribution in [3.05, 3.63) is 65.7 Å². The highest BCUT2D eigenvalue weighted by molar-refractivity contribution is 5.84. The van der Waals surface area contributed by atoms with Gasteiger partial charge in [0, 0.05) is 12.2 Å². The number of carbonyl (C=O) groups excluding carboxylic acids is 1. The fourth-order valence-corrected chi connectivity index (χ4v) is 2.40. The molecule has 0 radical (unpaired) electrons. The van der Waals surface area contributed by atoms with Crippen molar-refractivity contribution in [2.24, 2.45) is 0 Å². The molecule has 0 unspecified atom stereocenters. The first kappa shape index (κ1) is 17.1. The molecule has 3 nitrogen and oxygen atoms in total. The first-order chi connectivity index (χ1) is 11.1. The second-order valence-electron chi connectivity index (χ2n) is 6.00. The van der Waals surface area contributed by atoms with Crippen LogP contribution in [0, 0.1) is 0 Å². The van der Waals surface area contributed by atoms with E-state index in [9.17, 15) is 4.79 Å². The van der Waals surface area contributed by atoms with Gasteiger partial charge in [-0.05, 0) is 42.5 Å². The van der Waals surface area contributed by atoms with Gasteiger partial charge in [0.2, 0.25) is 5.91 Å². The van der Waals surface area contributed by atoms with Crippen LogP contribution in [0.15, 0.2) is 54.6 Å². The molecule has 0 aromatic heterocycles. The summed E-state index contributed by atoms with van der Waals surface area (Å²) in [6, 6.07) is 18.0.